The number of halogens is 1. The Labute approximate surface area is 109 Å². The van der Waals surface area contributed by atoms with Gasteiger partial charge in [0.2, 0.25) is 0 Å². The molecule has 98 valence electrons. The predicted molar refractivity (Wildman–Crippen MR) is 66.5 cm³/mol. The van der Waals surface area contributed by atoms with Crippen molar-refractivity contribution in [3.8, 4) is 11.5 Å². The van der Waals surface area contributed by atoms with Gasteiger partial charge in [-0.3, -0.25) is 4.79 Å². The van der Waals surface area contributed by atoms with E-state index in [9.17, 15) is 9.90 Å². The molecular weight excluding hydrogens is 258 g/mol. The quantitative estimate of drug-likeness (QED) is 0.873. The fraction of sp³-hybridized carbons (Fsp3) is 0.417. The number of carboxylic acid groups (broad SMARTS) is 1. The summed E-state index contributed by atoms with van der Waals surface area (Å²) in [5, 5.41) is 9.52. The second-order valence-electron chi connectivity index (χ2n) is 3.97. The molecule has 1 aromatic carbocycles. The normalized spacial score (nSPS) is 15.9. The average Bonchev–Trinajstić information content (AvgIpc) is 2.57. The van der Waals surface area contributed by atoms with E-state index in [4.69, 9.17) is 26.8 Å². The van der Waals surface area contributed by atoms with Crippen molar-refractivity contribution in [3.63, 3.8) is 0 Å². The molecule has 0 aromatic heterocycles. The molecule has 0 aliphatic carbocycles. The van der Waals surface area contributed by atoms with Crippen molar-refractivity contribution >= 4 is 17.6 Å². The van der Waals surface area contributed by atoms with Crippen LogP contribution in [0.5, 0.6) is 11.5 Å². The fourth-order valence-corrected chi connectivity index (χ4v) is 2.18. The fourth-order valence-electron chi connectivity index (χ4n) is 1.90. The topological polar surface area (TPSA) is 81.8 Å². The molecule has 0 bridgehead atoms. The zero-order valence-electron chi connectivity index (χ0n) is 9.69. The lowest BCUT2D eigenvalue weighted by Gasteiger charge is -2.18. The van der Waals surface area contributed by atoms with Crippen molar-refractivity contribution in [1.29, 1.82) is 0 Å². The molecule has 1 atom stereocenters. The highest BCUT2D eigenvalue weighted by molar-refractivity contribution is 6.32. The van der Waals surface area contributed by atoms with E-state index in [0.29, 0.717) is 35.3 Å². The number of hydrogen-bond donors (Lipinski definition) is 2. The minimum Gasteiger partial charge on any atom is -0.490 e. The first-order chi connectivity index (χ1) is 8.65. The molecule has 1 aliphatic rings. The van der Waals surface area contributed by atoms with Crippen LogP contribution in [-0.2, 0) is 4.79 Å². The molecule has 0 fully saturated rings. The second kappa shape index (κ2) is 5.46. The Bertz CT molecular complexity index is 464. The van der Waals surface area contributed by atoms with Crippen LogP contribution >= 0.6 is 11.6 Å². The maximum absolute atomic E-state index is 11.2. The van der Waals surface area contributed by atoms with Gasteiger partial charge in [-0.05, 0) is 12.1 Å². The Kier molecular flexibility index (Phi) is 3.93. The minimum absolute atomic E-state index is 0.0468. The third-order valence-electron chi connectivity index (χ3n) is 2.78. The maximum atomic E-state index is 11.2. The molecule has 0 saturated heterocycles. The first-order valence-electron chi connectivity index (χ1n) is 5.66. The summed E-state index contributed by atoms with van der Waals surface area (Å²) in [5.41, 5.74) is 5.91. The van der Waals surface area contributed by atoms with Crippen LogP contribution in [0.2, 0.25) is 5.02 Å². The van der Waals surface area contributed by atoms with Crippen molar-refractivity contribution in [2.75, 3.05) is 19.8 Å². The van der Waals surface area contributed by atoms with Crippen molar-refractivity contribution in [2.45, 2.75) is 12.3 Å². The Balaban J connectivity index is 2.53. The van der Waals surface area contributed by atoms with Crippen molar-refractivity contribution in [2.24, 2.45) is 5.73 Å². The third kappa shape index (κ3) is 2.37. The largest absolute Gasteiger partial charge is 0.490 e. The molecule has 3 N–H and O–H groups in total. The lowest BCUT2D eigenvalue weighted by atomic mass is 9.97. The van der Waals surface area contributed by atoms with E-state index in [1.165, 1.54) is 0 Å². The number of aliphatic carboxylic acids is 1. The van der Waals surface area contributed by atoms with Gasteiger partial charge in [0, 0.05) is 23.6 Å². The van der Waals surface area contributed by atoms with E-state index in [2.05, 4.69) is 0 Å². The molecule has 1 unspecified atom stereocenters. The summed E-state index contributed by atoms with van der Waals surface area (Å²) in [6.45, 7) is 0.959. The molecule has 0 saturated carbocycles. The number of carbonyl (C=O) groups is 1. The van der Waals surface area contributed by atoms with E-state index in [1.807, 2.05) is 0 Å². The van der Waals surface area contributed by atoms with Crippen LogP contribution in [0.1, 0.15) is 17.9 Å². The number of nitrogens with two attached hydrogens (primary N) is 1. The standard InChI is InChI=1S/C12H14ClNO4/c13-8-2-3-9-11(18-5-1-4-17-9)10(8)7(6-14)12(15)16/h2-3,7H,1,4-6,14H2,(H,15,16). The molecule has 2 rings (SSSR count). The van der Waals surface area contributed by atoms with E-state index < -0.39 is 11.9 Å². The summed E-state index contributed by atoms with van der Waals surface area (Å²) in [6.07, 6.45) is 0.742. The van der Waals surface area contributed by atoms with E-state index in [-0.39, 0.29) is 6.54 Å². The summed E-state index contributed by atoms with van der Waals surface area (Å²) < 4.78 is 11.1. The number of carboxylic acids is 1. The molecule has 1 heterocycles. The molecule has 0 spiro atoms. The summed E-state index contributed by atoms with van der Waals surface area (Å²) in [6, 6.07) is 3.29. The van der Waals surface area contributed by atoms with Gasteiger partial charge in [-0.25, -0.2) is 0 Å². The SMILES string of the molecule is NCC(C(=O)O)c1c(Cl)ccc2c1OCCCO2. The van der Waals surface area contributed by atoms with Crippen LogP contribution in [0, 0.1) is 0 Å². The van der Waals surface area contributed by atoms with Crippen LogP contribution < -0.4 is 15.2 Å². The van der Waals surface area contributed by atoms with Gasteiger partial charge in [0.15, 0.2) is 11.5 Å². The number of benzene rings is 1. The minimum atomic E-state index is -1.03. The van der Waals surface area contributed by atoms with Crippen molar-refractivity contribution in [1.82, 2.24) is 0 Å². The highest BCUT2D eigenvalue weighted by Gasteiger charge is 2.28. The summed E-state index contributed by atoms with van der Waals surface area (Å²) >= 11 is 6.08. The Morgan fingerprint density at radius 1 is 1.44 bits per heavy atom. The van der Waals surface area contributed by atoms with Crippen LogP contribution in [0.15, 0.2) is 12.1 Å². The highest BCUT2D eigenvalue weighted by Crippen LogP contribution is 2.41. The average molecular weight is 272 g/mol. The van der Waals surface area contributed by atoms with E-state index in [1.54, 1.807) is 12.1 Å². The van der Waals surface area contributed by atoms with Crippen molar-refractivity contribution in [3.05, 3.63) is 22.7 Å². The number of hydrogen-bond acceptors (Lipinski definition) is 4. The lowest BCUT2D eigenvalue weighted by molar-refractivity contribution is -0.138. The molecule has 0 radical (unpaired) electrons. The highest BCUT2D eigenvalue weighted by atomic mass is 35.5. The van der Waals surface area contributed by atoms with Crippen LogP contribution in [0.3, 0.4) is 0 Å². The second-order valence-corrected chi connectivity index (χ2v) is 4.37. The Morgan fingerprint density at radius 2 is 2.17 bits per heavy atom. The third-order valence-corrected chi connectivity index (χ3v) is 3.11. The Hall–Kier alpha value is -1.46. The summed E-state index contributed by atoms with van der Waals surface area (Å²) in [7, 11) is 0. The number of rotatable bonds is 3. The van der Waals surface area contributed by atoms with Gasteiger partial charge in [0.1, 0.15) is 0 Å². The Morgan fingerprint density at radius 3 is 2.83 bits per heavy atom. The first-order valence-corrected chi connectivity index (χ1v) is 6.03. The van der Waals surface area contributed by atoms with Gasteiger partial charge < -0.3 is 20.3 Å². The molecular formula is C12H14ClNO4. The summed E-state index contributed by atoms with van der Waals surface area (Å²) in [5.74, 6) is -1.00. The molecule has 1 aliphatic heterocycles. The lowest BCUT2D eigenvalue weighted by Crippen LogP contribution is -2.22. The number of fused-ring (bicyclic) bond motifs is 1. The predicted octanol–water partition coefficient (Wildman–Crippen LogP) is 1.63. The first kappa shape index (κ1) is 13.0. The van der Waals surface area contributed by atoms with Crippen LogP contribution in [0.4, 0.5) is 0 Å². The molecule has 1 aromatic rings. The summed E-state index contributed by atoms with van der Waals surface area (Å²) in [4.78, 5) is 11.2. The zero-order chi connectivity index (χ0) is 13.1. The van der Waals surface area contributed by atoms with Gasteiger partial charge in [-0.1, -0.05) is 11.6 Å². The molecule has 5 nitrogen and oxygen atoms in total. The zero-order valence-corrected chi connectivity index (χ0v) is 10.4. The van der Waals surface area contributed by atoms with E-state index >= 15 is 0 Å². The van der Waals surface area contributed by atoms with Gasteiger partial charge in [-0.15, -0.1) is 0 Å². The molecule has 0 amide bonds. The monoisotopic (exact) mass is 271 g/mol. The number of ether oxygens (including phenoxy) is 2. The smallest absolute Gasteiger partial charge is 0.312 e. The van der Waals surface area contributed by atoms with Gasteiger partial charge in [0.05, 0.1) is 19.1 Å². The van der Waals surface area contributed by atoms with Gasteiger partial charge in [-0.2, -0.15) is 0 Å². The van der Waals surface area contributed by atoms with Crippen LogP contribution in [0.25, 0.3) is 0 Å². The van der Waals surface area contributed by atoms with Crippen LogP contribution in [-0.4, -0.2) is 30.8 Å². The van der Waals surface area contributed by atoms with Crippen molar-refractivity contribution < 1.29 is 19.4 Å². The molecule has 6 heteroatoms. The molecule has 18 heavy (non-hydrogen) atoms. The van der Waals surface area contributed by atoms with Gasteiger partial charge in [0.25, 0.3) is 0 Å². The van der Waals surface area contributed by atoms with Gasteiger partial charge >= 0.3 is 5.97 Å². The van der Waals surface area contributed by atoms with E-state index in [0.717, 1.165) is 6.42 Å². The maximum Gasteiger partial charge on any atom is 0.312 e.